The quantitative estimate of drug-likeness (QED) is 0.375. The summed E-state index contributed by atoms with van der Waals surface area (Å²) >= 11 is 0. The van der Waals surface area contributed by atoms with Gasteiger partial charge in [-0.05, 0) is 55.0 Å². The Kier molecular flexibility index (Phi) is 6.95. The fourth-order valence-electron chi connectivity index (χ4n) is 4.31. The van der Waals surface area contributed by atoms with E-state index in [1.165, 1.54) is 0 Å². The second-order valence-electron chi connectivity index (χ2n) is 8.51. The van der Waals surface area contributed by atoms with Crippen LogP contribution in [0.1, 0.15) is 23.1 Å². The lowest BCUT2D eigenvalue weighted by Gasteiger charge is -2.28. The van der Waals surface area contributed by atoms with Crippen LogP contribution in [0.25, 0.3) is 10.8 Å². The van der Waals surface area contributed by atoms with Crippen LogP contribution in [-0.2, 0) is 4.74 Å². The van der Waals surface area contributed by atoms with E-state index in [0.717, 1.165) is 41.2 Å². The number of hydrogen-bond donors (Lipinski definition) is 2. The molecule has 0 saturated carbocycles. The number of carbonyl (C=O) groups excluding carboxylic acids is 1. The molecule has 0 aliphatic carbocycles. The van der Waals surface area contributed by atoms with Gasteiger partial charge < -0.3 is 25.0 Å². The summed E-state index contributed by atoms with van der Waals surface area (Å²) in [6.07, 6.45) is 0. The van der Waals surface area contributed by atoms with E-state index < -0.39 is 0 Å². The predicted molar refractivity (Wildman–Crippen MR) is 143 cm³/mol. The Morgan fingerprint density at radius 2 is 1.75 bits per heavy atom. The van der Waals surface area contributed by atoms with Gasteiger partial charge in [0, 0.05) is 30.5 Å². The van der Waals surface area contributed by atoms with Gasteiger partial charge in [0.15, 0.2) is 0 Å². The van der Waals surface area contributed by atoms with Crippen LogP contribution in [0, 0.1) is 6.92 Å². The normalized spacial score (nSPS) is 13.4. The van der Waals surface area contributed by atoms with Crippen LogP contribution < -0.4 is 20.3 Å². The number of carbonyl (C=O) groups is 1. The van der Waals surface area contributed by atoms with Gasteiger partial charge in [0.1, 0.15) is 23.2 Å². The van der Waals surface area contributed by atoms with Crippen molar-refractivity contribution in [1.82, 2.24) is 9.97 Å². The Labute approximate surface area is 210 Å². The Bertz CT molecular complexity index is 1370. The van der Waals surface area contributed by atoms with Crippen molar-refractivity contribution in [1.29, 1.82) is 0 Å². The van der Waals surface area contributed by atoms with Crippen molar-refractivity contribution in [2.24, 2.45) is 0 Å². The Morgan fingerprint density at radius 1 is 1.00 bits per heavy atom. The van der Waals surface area contributed by atoms with Crippen molar-refractivity contribution in [3.05, 3.63) is 78.1 Å². The van der Waals surface area contributed by atoms with Gasteiger partial charge in [-0.3, -0.25) is 4.79 Å². The molecule has 36 heavy (non-hydrogen) atoms. The van der Waals surface area contributed by atoms with E-state index in [9.17, 15) is 4.79 Å². The standard InChI is InChI=1S/C28H29N5O3/c1-3-36-24-13-8-20-6-4-5-7-23(20)27(24)28(34)32-22-11-9-21(10-12-22)31-25-18-26(30-19(2)29-25)33-14-16-35-17-15-33/h4-13,18H,3,14-17H2,1-2H3,(H,32,34)(H,29,30,31). The van der Waals surface area contributed by atoms with Gasteiger partial charge in [0.2, 0.25) is 0 Å². The molecule has 0 unspecified atom stereocenters. The van der Waals surface area contributed by atoms with Crippen LogP contribution in [0.4, 0.5) is 23.0 Å². The van der Waals surface area contributed by atoms with Gasteiger partial charge in [-0.1, -0.05) is 30.3 Å². The van der Waals surface area contributed by atoms with Gasteiger partial charge in [0.25, 0.3) is 5.91 Å². The Morgan fingerprint density at radius 3 is 2.53 bits per heavy atom. The smallest absolute Gasteiger partial charge is 0.260 e. The number of morpholine rings is 1. The van der Waals surface area contributed by atoms with Crippen molar-refractivity contribution in [2.75, 3.05) is 48.4 Å². The number of hydrogen-bond acceptors (Lipinski definition) is 7. The molecule has 1 amide bonds. The average Bonchev–Trinajstić information content (AvgIpc) is 2.90. The van der Waals surface area contributed by atoms with Crippen molar-refractivity contribution in [2.45, 2.75) is 13.8 Å². The second-order valence-corrected chi connectivity index (χ2v) is 8.51. The molecule has 1 aliphatic rings. The summed E-state index contributed by atoms with van der Waals surface area (Å²) in [5.41, 5.74) is 2.08. The van der Waals surface area contributed by atoms with Gasteiger partial charge in [-0.2, -0.15) is 0 Å². The molecule has 5 rings (SSSR count). The number of rotatable bonds is 7. The first-order valence-corrected chi connectivity index (χ1v) is 12.1. The molecule has 8 heteroatoms. The molecule has 0 spiro atoms. The molecule has 4 aromatic rings. The third-order valence-electron chi connectivity index (χ3n) is 5.99. The Balaban J connectivity index is 1.32. The van der Waals surface area contributed by atoms with E-state index in [0.29, 0.717) is 42.6 Å². The zero-order valence-electron chi connectivity index (χ0n) is 20.5. The molecule has 2 N–H and O–H groups in total. The summed E-state index contributed by atoms with van der Waals surface area (Å²) in [6, 6.07) is 21.1. The highest BCUT2D eigenvalue weighted by Crippen LogP contribution is 2.29. The lowest BCUT2D eigenvalue weighted by molar-refractivity contribution is 0.102. The molecule has 2 heterocycles. The third-order valence-corrected chi connectivity index (χ3v) is 5.99. The molecule has 0 bridgehead atoms. The zero-order chi connectivity index (χ0) is 24.9. The molecule has 3 aromatic carbocycles. The Hall–Kier alpha value is -4.17. The summed E-state index contributed by atoms with van der Waals surface area (Å²) in [5, 5.41) is 8.20. The lowest BCUT2D eigenvalue weighted by atomic mass is 10.0. The molecule has 0 radical (unpaired) electrons. The van der Waals surface area contributed by atoms with Crippen LogP contribution in [-0.4, -0.2) is 48.8 Å². The van der Waals surface area contributed by atoms with Crippen LogP contribution in [0.2, 0.25) is 0 Å². The van der Waals surface area contributed by atoms with E-state index in [-0.39, 0.29) is 5.91 Å². The monoisotopic (exact) mass is 483 g/mol. The number of anilines is 4. The van der Waals surface area contributed by atoms with Crippen molar-refractivity contribution < 1.29 is 14.3 Å². The van der Waals surface area contributed by atoms with E-state index in [1.54, 1.807) is 0 Å². The van der Waals surface area contributed by atoms with Crippen molar-refractivity contribution >= 4 is 39.7 Å². The highest BCUT2D eigenvalue weighted by molar-refractivity contribution is 6.15. The fraction of sp³-hybridized carbons (Fsp3) is 0.250. The van der Waals surface area contributed by atoms with Gasteiger partial charge in [0.05, 0.1) is 25.4 Å². The van der Waals surface area contributed by atoms with Gasteiger partial charge in [-0.25, -0.2) is 9.97 Å². The maximum absolute atomic E-state index is 13.3. The van der Waals surface area contributed by atoms with Crippen molar-refractivity contribution in [3.63, 3.8) is 0 Å². The van der Waals surface area contributed by atoms with E-state index in [2.05, 4.69) is 25.5 Å². The number of aryl methyl sites for hydroxylation is 1. The van der Waals surface area contributed by atoms with Gasteiger partial charge in [-0.15, -0.1) is 0 Å². The second kappa shape index (κ2) is 10.6. The minimum Gasteiger partial charge on any atom is -0.493 e. The summed E-state index contributed by atoms with van der Waals surface area (Å²) in [4.78, 5) is 24.6. The minimum absolute atomic E-state index is 0.211. The number of amides is 1. The SMILES string of the molecule is CCOc1ccc2ccccc2c1C(=O)Nc1ccc(Nc2cc(N3CCOCC3)nc(C)n2)cc1. The summed E-state index contributed by atoms with van der Waals surface area (Å²) in [7, 11) is 0. The molecule has 184 valence electrons. The fourth-order valence-corrected chi connectivity index (χ4v) is 4.31. The first kappa shape index (κ1) is 23.6. The maximum Gasteiger partial charge on any atom is 0.260 e. The van der Waals surface area contributed by atoms with E-state index in [4.69, 9.17) is 9.47 Å². The number of nitrogens with zero attached hydrogens (tertiary/aromatic N) is 3. The number of fused-ring (bicyclic) bond motifs is 1. The molecule has 1 aromatic heterocycles. The lowest BCUT2D eigenvalue weighted by Crippen LogP contribution is -2.36. The molecule has 1 aliphatic heterocycles. The first-order chi connectivity index (χ1) is 17.6. The number of nitrogens with one attached hydrogen (secondary N) is 2. The van der Waals surface area contributed by atoms with Crippen LogP contribution in [0.3, 0.4) is 0 Å². The molecular weight excluding hydrogens is 454 g/mol. The largest absolute Gasteiger partial charge is 0.493 e. The van der Waals surface area contributed by atoms with Crippen LogP contribution >= 0.6 is 0 Å². The molecule has 1 saturated heterocycles. The zero-order valence-corrected chi connectivity index (χ0v) is 20.5. The molecule has 8 nitrogen and oxygen atoms in total. The maximum atomic E-state index is 13.3. The third kappa shape index (κ3) is 5.23. The molecule has 0 atom stereocenters. The summed E-state index contributed by atoms with van der Waals surface area (Å²) < 4.78 is 11.2. The number of aromatic nitrogens is 2. The average molecular weight is 484 g/mol. The topological polar surface area (TPSA) is 88.6 Å². The van der Waals surface area contributed by atoms with E-state index >= 15 is 0 Å². The van der Waals surface area contributed by atoms with E-state index in [1.807, 2.05) is 80.6 Å². The number of benzene rings is 3. The highest BCUT2D eigenvalue weighted by Gasteiger charge is 2.17. The van der Waals surface area contributed by atoms with Crippen LogP contribution in [0.15, 0.2) is 66.7 Å². The predicted octanol–water partition coefficient (Wildman–Crippen LogP) is 5.17. The number of ether oxygens (including phenoxy) is 2. The first-order valence-electron chi connectivity index (χ1n) is 12.1. The molecule has 1 fully saturated rings. The summed E-state index contributed by atoms with van der Waals surface area (Å²) in [5.74, 6) is 2.67. The van der Waals surface area contributed by atoms with Crippen LogP contribution in [0.5, 0.6) is 5.75 Å². The van der Waals surface area contributed by atoms with Crippen molar-refractivity contribution in [3.8, 4) is 5.75 Å². The molecular formula is C28H29N5O3. The highest BCUT2D eigenvalue weighted by atomic mass is 16.5. The summed E-state index contributed by atoms with van der Waals surface area (Å²) in [6.45, 7) is 7.30. The van der Waals surface area contributed by atoms with Gasteiger partial charge >= 0.3 is 0 Å². The minimum atomic E-state index is -0.211.